The number of benzene rings is 3. The summed E-state index contributed by atoms with van der Waals surface area (Å²) in [7, 11) is 0. The minimum Gasteiger partial charge on any atom is -0.494 e. The highest BCUT2D eigenvalue weighted by atomic mass is 19.2. The van der Waals surface area contributed by atoms with Crippen molar-refractivity contribution in [3.63, 3.8) is 0 Å². The van der Waals surface area contributed by atoms with E-state index in [1.807, 2.05) is 19.9 Å². The zero-order valence-electron chi connectivity index (χ0n) is 19.0. The Bertz CT molecular complexity index is 1310. The summed E-state index contributed by atoms with van der Waals surface area (Å²) in [4.78, 5) is 4.26. The Morgan fingerprint density at radius 1 is 0.765 bits per heavy atom. The van der Waals surface area contributed by atoms with Gasteiger partial charge in [0.15, 0.2) is 11.6 Å². The van der Waals surface area contributed by atoms with Gasteiger partial charge in [-0.25, -0.2) is 13.2 Å². The fourth-order valence-corrected chi connectivity index (χ4v) is 3.66. The molecule has 3 aromatic carbocycles. The number of rotatable bonds is 7. The number of aryl methyl sites for hydroxylation is 1. The van der Waals surface area contributed by atoms with E-state index in [1.165, 1.54) is 12.1 Å². The molecular weight excluding hydrogens is 435 g/mol. The molecule has 2 nitrogen and oxygen atoms in total. The van der Waals surface area contributed by atoms with E-state index >= 15 is 0 Å². The van der Waals surface area contributed by atoms with Gasteiger partial charge in [-0.05, 0) is 42.7 Å². The Kier molecular flexibility index (Phi) is 7.12. The van der Waals surface area contributed by atoms with Crippen LogP contribution in [0, 0.1) is 17.5 Å². The van der Waals surface area contributed by atoms with Crippen molar-refractivity contribution >= 4 is 12.2 Å². The Morgan fingerprint density at radius 2 is 1.50 bits per heavy atom. The molecule has 0 unspecified atom stereocenters. The number of halogens is 3. The third-order valence-corrected chi connectivity index (χ3v) is 5.54. The Labute approximate surface area is 197 Å². The van der Waals surface area contributed by atoms with Gasteiger partial charge in [0.25, 0.3) is 0 Å². The van der Waals surface area contributed by atoms with Crippen LogP contribution in [-0.4, -0.2) is 11.6 Å². The Morgan fingerprint density at radius 3 is 2.15 bits per heavy atom. The molecule has 0 saturated heterocycles. The lowest BCUT2D eigenvalue weighted by Crippen LogP contribution is -1.95. The van der Waals surface area contributed by atoms with E-state index in [0.29, 0.717) is 29.0 Å². The van der Waals surface area contributed by atoms with Crippen LogP contribution >= 0.6 is 0 Å². The van der Waals surface area contributed by atoms with Crippen LogP contribution in [0.4, 0.5) is 13.2 Å². The Hall–Kier alpha value is -3.86. The molecule has 0 aliphatic heterocycles. The van der Waals surface area contributed by atoms with E-state index in [2.05, 4.69) is 4.98 Å². The van der Waals surface area contributed by atoms with E-state index < -0.39 is 11.6 Å². The molecule has 0 aliphatic carbocycles. The summed E-state index contributed by atoms with van der Waals surface area (Å²) >= 11 is 0. The first kappa shape index (κ1) is 23.3. The summed E-state index contributed by atoms with van der Waals surface area (Å²) in [5, 5.41) is 0. The highest BCUT2D eigenvalue weighted by Crippen LogP contribution is 2.29. The smallest absolute Gasteiger partial charge is 0.167 e. The lowest BCUT2D eigenvalue weighted by Gasteiger charge is -2.08. The standard InChI is InChI=1S/C29H24F3NO/c1-3-23-13-11-22(18-33-23)26-15-12-21(28(31)29(26)32)10-7-19-5-8-20(9-6-19)25-16-14-24(34-4-2)17-27(25)30/h5-18H,3-4H2,1-2H3/b10-7+. The van der Waals surface area contributed by atoms with Gasteiger partial charge in [-0.2, -0.15) is 0 Å². The molecule has 4 rings (SSSR count). The molecular formula is C29H24F3NO. The summed E-state index contributed by atoms with van der Waals surface area (Å²) in [6, 6.07) is 18.6. The number of hydrogen-bond acceptors (Lipinski definition) is 2. The van der Waals surface area contributed by atoms with Crippen LogP contribution in [0.25, 0.3) is 34.4 Å². The molecule has 0 fully saturated rings. The molecule has 0 N–H and O–H groups in total. The number of pyridine rings is 1. The summed E-state index contributed by atoms with van der Waals surface area (Å²) < 4.78 is 49.2. The normalized spacial score (nSPS) is 11.2. The van der Waals surface area contributed by atoms with Crippen molar-refractivity contribution < 1.29 is 17.9 Å². The van der Waals surface area contributed by atoms with E-state index in [0.717, 1.165) is 17.7 Å². The molecule has 0 aliphatic rings. The van der Waals surface area contributed by atoms with Gasteiger partial charge in [-0.3, -0.25) is 4.98 Å². The fourth-order valence-electron chi connectivity index (χ4n) is 3.66. The molecule has 34 heavy (non-hydrogen) atoms. The maximum Gasteiger partial charge on any atom is 0.167 e. The van der Waals surface area contributed by atoms with Crippen molar-refractivity contribution in [2.24, 2.45) is 0 Å². The second kappa shape index (κ2) is 10.4. The van der Waals surface area contributed by atoms with Crippen LogP contribution < -0.4 is 4.74 Å². The number of hydrogen-bond donors (Lipinski definition) is 0. The topological polar surface area (TPSA) is 22.1 Å². The zero-order valence-corrected chi connectivity index (χ0v) is 19.0. The maximum atomic E-state index is 14.7. The second-order valence-electron chi connectivity index (χ2n) is 7.75. The SMILES string of the molecule is CCOc1ccc(-c2ccc(/C=C/c3ccc(-c4ccc(CC)nc4)c(F)c3F)cc2)c(F)c1. The van der Waals surface area contributed by atoms with Gasteiger partial charge in [-0.1, -0.05) is 61.5 Å². The predicted octanol–water partition coefficient (Wildman–Crippen LogP) is 7.96. The minimum atomic E-state index is -0.915. The van der Waals surface area contributed by atoms with Crippen molar-refractivity contribution in [1.29, 1.82) is 0 Å². The number of ether oxygens (including phenoxy) is 1. The summed E-state index contributed by atoms with van der Waals surface area (Å²) in [5.74, 6) is -1.71. The average molecular weight is 460 g/mol. The van der Waals surface area contributed by atoms with E-state index in [9.17, 15) is 13.2 Å². The molecule has 5 heteroatoms. The first-order valence-corrected chi connectivity index (χ1v) is 11.1. The molecule has 0 spiro atoms. The summed E-state index contributed by atoms with van der Waals surface area (Å²) in [6.07, 6.45) is 5.54. The first-order valence-electron chi connectivity index (χ1n) is 11.1. The highest BCUT2D eigenvalue weighted by molar-refractivity contribution is 5.74. The van der Waals surface area contributed by atoms with Crippen molar-refractivity contribution in [1.82, 2.24) is 4.98 Å². The van der Waals surface area contributed by atoms with Crippen molar-refractivity contribution in [3.8, 4) is 28.0 Å². The molecule has 172 valence electrons. The molecule has 4 aromatic rings. The average Bonchev–Trinajstić information content (AvgIpc) is 2.86. The van der Waals surface area contributed by atoms with Crippen molar-refractivity contribution in [2.75, 3.05) is 6.61 Å². The first-order chi connectivity index (χ1) is 16.5. The molecule has 0 amide bonds. The quantitative estimate of drug-likeness (QED) is 0.262. The van der Waals surface area contributed by atoms with Crippen LogP contribution in [0.5, 0.6) is 5.75 Å². The van der Waals surface area contributed by atoms with Gasteiger partial charge >= 0.3 is 0 Å². The van der Waals surface area contributed by atoms with Crippen molar-refractivity contribution in [2.45, 2.75) is 20.3 Å². The zero-order chi connectivity index (χ0) is 24.1. The van der Waals surface area contributed by atoms with E-state index in [1.54, 1.807) is 66.9 Å². The summed E-state index contributed by atoms with van der Waals surface area (Å²) in [6.45, 7) is 4.29. The fraction of sp³-hybridized carbons (Fsp3) is 0.138. The van der Waals surface area contributed by atoms with Crippen LogP contribution in [-0.2, 0) is 6.42 Å². The lowest BCUT2D eigenvalue weighted by molar-refractivity contribution is 0.338. The lowest BCUT2D eigenvalue weighted by atomic mass is 10.0. The third-order valence-electron chi connectivity index (χ3n) is 5.54. The van der Waals surface area contributed by atoms with Gasteiger partial charge in [0.1, 0.15) is 11.6 Å². The Balaban J connectivity index is 1.53. The third kappa shape index (κ3) is 5.04. The largest absolute Gasteiger partial charge is 0.494 e. The molecule has 0 saturated carbocycles. The van der Waals surface area contributed by atoms with Crippen LogP contribution in [0.2, 0.25) is 0 Å². The van der Waals surface area contributed by atoms with Gasteiger partial charge < -0.3 is 4.74 Å². The molecule has 0 atom stereocenters. The van der Waals surface area contributed by atoms with Gasteiger partial charge in [0, 0.05) is 40.2 Å². The van der Waals surface area contributed by atoms with Crippen LogP contribution in [0.15, 0.2) is 72.9 Å². The van der Waals surface area contributed by atoms with Crippen molar-refractivity contribution in [3.05, 3.63) is 107 Å². The summed E-state index contributed by atoms with van der Waals surface area (Å²) in [5.41, 5.74) is 3.68. The minimum absolute atomic E-state index is 0.140. The predicted molar refractivity (Wildman–Crippen MR) is 131 cm³/mol. The maximum absolute atomic E-state index is 14.7. The monoisotopic (exact) mass is 459 g/mol. The second-order valence-corrected chi connectivity index (χ2v) is 7.75. The van der Waals surface area contributed by atoms with E-state index in [-0.39, 0.29) is 16.9 Å². The molecule has 0 bridgehead atoms. The van der Waals surface area contributed by atoms with Gasteiger partial charge in [0.2, 0.25) is 0 Å². The van der Waals surface area contributed by atoms with Crippen LogP contribution in [0.3, 0.4) is 0 Å². The highest BCUT2D eigenvalue weighted by Gasteiger charge is 2.14. The molecule has 1 aromatic heterocycles. The number of aromatic nitrogens is 1. The number of nitrogens with zero attached hydrogens (tertiary/aromatic N) is 1. The molecule has 0 radical (unpaired) electrons. The molecule has 1 heterocycles. The van der Waals surface area contributed by atoms with E-state index in [4.69, 9.17) is 4.74 Å². The van der Waals surface area contributed by atoms with Gasteiger partial charge in [0.05, 0.1) is 6.61 Å². The van der Waals surface area contributed by atoms with Gasteiger partial charge in [-0.15, -0.1) is 0 Å². The van der Waals surface area contributed by atoms with Crippen LogP contribution in [0.1, 0.15) is 30.7 Å².